The van der Waals surface area contributed by atoms with Crippen molar-refractivity contribution in [3.8, 4) is 0 Å². The SMILES string of the molecule is C.CSSC.[H-].[Na+]. The van der Waals surface area contributed by atoms with Crippen molar-refractivity contribution in [2.45, 2.75) is 7.43 Å². The van der Waals surface area contributed by atoms with E-state index in [9.17, 15) is 0 Å². The van der Waals surface area contributed by atoms with Gasteiger partial charge in [-0.3, -0.25) is 0 Å². The molecule has 0 bridgehead atoms. The van der Waals surface area contributed by atoms with Gasteiger partial charge >= 0.3 is 29.6 Å². The maximum atomic E-state index is 2.06. The molecule has 0 nitrogen and oxygen atoms in total. The third-order valence-corrected chi connectivity index (χ3v) is 1.50. The summed E-state index contributed by atoms with van der Waals surface area (Å²) in [7, 11) is 3.55. The van der Waals surface area contributed by atoms with Crippen molar-refractivity contribution >= 4 is 21.6 Å². The van der Waals surface area contributed by atoms with Crippen molar-refractivity contribution < 1.29 is 31.0 Å². The van der Waals surface area contributed by atoms with E-state index in [1.54, 1.807) is 21.6 Å². The van der Waals surface area contributed by atoms with Crippen LogP contribution in [0.4, 0.5) is 0 Å². The minimum absolute atomic E-state index is 0. The Morgan fingerprint density at radius 1 is 1.17 bits per heavy atom. The zero-order valence-corrected chi connectivity index (χ0v) is 7.45. The molecule has 0 amide bonds. The molecule has 0 aromatic heterocycles. The second-order valence-corrected chi connectivity index (χ2v) is 3.00. The van der Waals surface area contributed by atoms with Gasteiger partial charge in [-0.15, -0.1) is 0 Å². The van der Waals surface area contributed by atoms with E-state index in [4.69, 9.17) is 0 Å². The van der Waals surface area contributed by atoms with Crippen molar-refractivity contribution in [1.29, 1.82) is 0 Å². The first kappa shape index (κ1) is 15.6. The second-order valence-electron chi connectivity index (χ2n) is 0.333. The molecule has 3 heteroatoms. The van der Waals surface area contributed by atoms with Crippen LogP contribution in [-0.2, 0) is 0 Å². The van der Waals surface area contributed by atoms with Crippen molar-refractivity contribution in [3.63, 3.8) is 0 Å². The number of hydrogen-bond acceptors (Lipinski definition) is 2. The summed E-state index contributed by atoms with van der Waals surface area (Å²) in [5.74, 6) is 0. The molecule has 0 unspecified atom stereocenters. The van der Waals surface area contributed by atoms with Crippen molar-refractivity contribution in [2.75, 3.05) is 12.5 Å². The third kappa shape index (κ3) is 17.3. The maximum absolute atomic E-state index is 2.06. The Bertz CT molecular complexity index is 14.9. The molecule has 0 aromatic carbocycles. The molecule has 0 radical (unpaired) electrons. The molecular formula is C3H11NaS2. The number of rotatable bonds is 1. The van der Waals surface area contributed by atoms with Crippen molar-refractivity contribution in [3.05, 3.63) is 0 Å². The van der Waals surface area contributed by atoms with Crippen LogP contribution >= 0.6 is 21.6 Å². The van der Waals surface area contributed by atoms with E-state index < -0.39 is 0 Å². The Balaban J connectivity index is -0.0000000150. The van der Waals surface area contributed by atoms with Crippen LogP contribution in [0.3, 0.4) is 0 Å². The summed E-state index contributed by atoms with van der Waals surface area (Å²) in [6.45, 7) is 0. The van der Waals surface area contributed by atoms with Gasteiger partial charge in [0, 0.05) is 0 Å². The van der Waals surface area contributed by atoms with E-state index in [1.807, 2.05) is 0 Å². The summed E-state index contributed by atoms with van der Waals surface area (Å²) in [6, 6.07) is 0. The van der Waals surface area contributed by atoms with Gasteiger partial charge in [0.2, 0.25) is 0 Å². The number of hydrogen-bond donors (Lipinski definition) is 0. The minimum atomic E-state index is 0. The Kier molecular flexibility index (Phi) is 41.5. The van der Waals surface area contributed by atoms with Gasteiger partial charge in [-0.1, -0.05) is 29.0 Å². The Hall–Kier alpha value is 1.70. The molecule has 0 aromatic rings. The van der Waals surface area contributed by atoms with Crippen LogP contribution in [0, 0.1) is 0 Å². The van der Waals surface area contributed by atoms with Gasteiger partial charge in [0.1, 0.15) is 0 Å². The van der Waals surface area contributed by atoms with E-state index in [1.165, 1.54) is 0 Å². The predicted molar refractivity (Wildman–Crippen MR) is 34.9 cm³/mol. The molecule has 0 saturated carbocycles. The van der Waals surface area contributed by atoms with E-state index >= 15 is 0 Å². The molecule has 0 saturated heterocycles. The smallest absolute Gasteiger partial charge is 1.00 e. The third-order valence-electron chi connectivity index (χ3n) is 0.167. The molecule has 0 rings (SSSR count). The normalized spacial score (nSPS) is 5.00. The van der Waals surface area contributed by atoms with Crippen molar-refractivity contribution in [2.24, 2.45) is 0 Å². The summed E-state index contributed by atoms with van der Waals surface area (Å²) in [5, 5.41) is 0. The standard InChI is InChI=1S/C2H6S2.CH4.Na.H/c1-3-4-2;;;/h1-2H3;1H4;;/q;;+1;-1. The fourth-order valence-corrected chi connectivity index (χ4v) is 0. The molecular weight excluding hydrogens is 123 g/mol. The summed E-state index contributed by atoms with van der Waals surface area (Å²) >= 11 is 0. The van der Waals surface area contributed by atoms with Crippen LogP contribution in [0.1, 0.15) is 8.85 Å². The Labute approximate surface area is 72.0 Å². The second kappa shape index (κ2) is 15.9. The summed E-state index contributed by atoms with van der Waals surface area (Å²) in [5.41, 5.74) is 0. The van der Waals surface area contributed by atoms with Gasteiger partial charge in [-0.2, -0.15) is 0 Å². The van der Waals surface area contributed by atoms with Crippen LogP contribution in [0.25, 0.3) is 0 Å². The molecule has 0 aliphatic heterocycles. The van der Waals surface area contributed by atoms with Crippen LogP contribution in [0.5, 0.6) is 0 Å². The van der Waals surface area contributed by atoms with E-state index in [0.29, 0.717) is 0 Å². The molecule has 6 heavy (non-hydrogen) atoms. The molecule has 0 heterocycles. The van der Waals surface area contributed by atoms with Gasteiger partial charge in [0.15, 0.2) is 0 Å². The summed E-state index contributed by atoms with van der Waals surface area (Å²) in [6.07, 6.45) is 4.12. The quantitative estimate of drug-likeness (QED) is 0.346. The minimum Gasteiger partial charge on any atom is -1.00 e. The average molecular weight is 134 g/mol. The Morgan fingerprint density at radius 3 is 1.33 bits per heavy atom. The first-order valence-corrected chi connectivity index (χ1v) is 3.95. The first-order valence-electron chi connectivity index (χ1n) is 0.983. The van der Waals surface area contributed by atoms with Crippen LogP contribution in [-0.4, -0.2) is 12.5 Å². The molecule has 0 atom stereocenters. The van der Waals surface area contributed by atoms with Crippen LogP contribution in [0.2, 0.25) is 0 Å². The molecule has 0 aliphatic carbocycles. The largest absolute Gasteiger partial charge is 1.00 e. The van der Waals surface area contributed by atoms with Crippen LogP contribution < -0.4 is 29.6 Å². The predicted octanol–water partition coefficient (Wildman–Crippen LogP) is -0.620. The topological polar surface area (TPSA) is 0 Å². The summed E-state index contributed by atoms with van der Waals surface area (Å²) in [4.78, 5) is 0. The van der Waals surface area contributed by atoms with E-state index in [0.717, 1.165) is 0 Å². The zero-order chi connectivity index (χ0) is 3.41. The van der Waals surface area contributed by atoms with Gasteiger partial charge in [-0.25, -0.2) is 0 Å². The summed E-state index contributed by atoms with van der Waals surface area (Å²) < 4.78 is 0. The van der Waals surface area contributed by atoms with Crippen molar-refractivity contribution in [1.82, 2.24) is 0 Å². The van der Waals surface area contributed by atoms with Gasteiger partial charge < -0.3 is 1.43 Å². The van der Waals surface area contributed by atoms with Crippen LogP contribution in [0.15, 0.2) is 0 Å². The Morgan fingerprint density at radius 2 is 1.33 bits per heavy atom. The monoisotopic (exact) mass is 134 g/mol. The van der Waals surface area contributed by atoms with E-state index in [-0.39, 0.29) is 38.4 Å². The fourth-order valence-electron chi connectivity index (χ4n) is 0. The maximum Gasteiger partial charge on any atom is 1.00 e. The molecule has 0 N–H and O–H groups in total. The van der Waals surface area contributed by atoms with Gasteiger partial charge in [-0.05, 0) is 12.5 Å². The molecule has 0 spiro atoms. The van der Waals surface area contributed by atoms with Gasteiger partial charge in [0.25, 0.3) is 0 Å². The molecule has 0 fully saturated rings. The molecule has 36 valence electrons. The first-order chi connectivity index (χ1) is 1.91. The average Bonchev–Trinajstić information content (AvgIpc) is 1.37. The molecule has 0 aliphatic rings. The zero-order valence-electron chi connectivity index (χ0n) is 4.82. The fraction of sp³-hybridized carbons (Fsp3) is 1.00. The van der Waals surface area contributed by atoms with Gasteiger partial charge in [0.05, 0.1) is 0 Å². The van der Waals surface area contributed by atoms with E-state index in [2.05, 4.69) is 12.5 Å².